The molecule has 1 aliphatic heterocycles. The van der Waals surface area contributed by atoms with Gasteiger partial charge in [-0.05, 0) is 69.9 Å². The van der Waals surface area contributed by atoms with Gasteiger partial charge in [-0.25, -0.2) is 4.79 Å². The minimum Gasteiger partial charge on any atom is -0.444 e. The maximum absolute atomic E-state index is 12.3. The summed E-state index contributed by atoms with van der Waals surface area (Å²) in [6.45, 7) is 8.56. The molecule has 0 atom stereocenters. The summed E-state index contributed by atoms with van der Waals surface area (Å²) >= 11 is 0. The van der Waals surface area contributed by atoms with E-state index in [9.17, 15) is 10.1 Å². The minimum absolute atomic E-state index is 0.223. The Kier molecular flexibility index (Phi) is 6.39. The number of pyridine rings is 1. The number of amides is 1. The Morgan fingerprint density at radius 3 is 2.69 bits per heavy atom. The summed E-state index contributed by atoms with van der Waals surface area (Å²) in [7, 11) is 1.84. The molecular weight excluding hydrogens is 364 g/mol. The molecule has 154 valence electrons. The van der Waals surface area contributed by atoms with Crippen LogP contribution in [-0.2, 0) is 11.2 Å². The number of nitriles is 1. The molecule has 1 aromatic carbocycles. The highest BCUT2D eigenvalue weighted by atomic mass is 16.6. The van der Waals surface area contributed by atoms with E-state index in [0.29, 0.717) is 5.56 Å². The van der Waals surface area contributed by atoms with Crippen LogP contribution in [-0.4, -0.2) is 59.2 Å². The Balaban J connectivity index is 1.55. The van der Waals surface area contributed by atoms with E-state index in [2.05, 4.69) is 16.0 Å². The van der Waals surface area contributed by atoms with Gasteiger partial charge in [0, 0.05) is 44.3 Å². The zero-order valence-corrected chi connectivity index (χ0v) is 17.8. The van der Waals surface area contributed by atoms with Crippen LogP contribution in [0.1, 0.15) is 44.7 Å². The Labute approximate surface area is 173 Å². The zero-order valence-electron chi connectivity index (χ0n) is 17.8. The third-order valence-electron chi connectivity index (χ3n) is 5.44. The second kappa shape index (κ2) is 8.79. The summed E-state index contributed by atoms with van der Waals surface area (Å²) in [5.74, 6) is 0. The predicted octanol–water partition coefficient (Wildman–Crippen LogP) is 3.98. The lowest BCUT2D eigenvalue weighted by molar-refractivity contribution is 0.0153. The Bertz CT molecular complexity index is 905. The van der Waals surface area contributed by atoms with Crippen molar-refractivity contribution in [3.05, 3.63) is 41.6 Å². The molecule has 6 nitrogen and oxygen atoms in total. The third-order valence-corrected chi connectivity index (χ3v) is 5.44. The SMILES string of the molecule is CN(C(=O)OC(C)(C)C)C1CCN(CCc2ccnc3ccc(C#N)cc23)CC1. The van der Waals surface area contributed by atoms with Gasteiger partial charge in [0.05, 0.1) is 17.1 Å². The minimum atomic E-state index is -0.467. The third kappa shape index (κ3) is 5.45. The Hall–Kier alpha value is -2.65. The number of hydrogen-bond donors (Lipinski definition) is 0. The summed E-state index contributed by atoms with van der Waals surface area (Å²) in [6.07, 6.45) is 4.41. The van der Waals surface area contributed by atoms with E-state index in [1.165, 1.54) is 5.56 Å². The molecule has 2 heterocycles. The molecule has 29 heavy (non-hydrogen) atoms. The molecule has 6 heteroatoms. The summed E-state index contributed by atoms with van der Waals surface area (Å²) in [5.41, 5.74) is 2.35. The molecule has 0 bridgehead atoms. The van der Waals surface area contributed by atoms with Crippen molar-refractivity contribution in [3.63, 3.8) is 0 Å². The van der Waals surface area contributed by atoms with E-state index >= 15 is 0 Å². The summed E-state index contributed by atoms with van der Waals surface area (Å²) in [4.78, 5) is 20.9. The first kappa shape index (κ1) is 21.1. The number of benzene rings is 1. The fraction of sp³-hybridized carbons (Fsp3) is 0.522. The number of carbonyl (C=O) groups excluding carboxylic acids is 1. The first-order chi connectivity index (χ1) is 13.8. The molecule has 1 aliphatic rings. The lowest BCUT2D eigenvalue weighted by Gasteiger charge is -2.37. The molecular formula is C23H30N4O2. The van der Waals surface area contributed by atoms with Crippen LogP contribution in [0.15, 0.2) is 30.5 Å². The molecule has 0 unspecified atom stereocenters. The summed E-state index contributed by atoms with van der Waals surface area (Å²) in [5, 5.41) is 10.2. The first-order valence-corrected chi connectivity index (χ1v) is 10.2. The number of rotatable bonds is 4. The van der Waals surface area contributed by atoms with Gasteiger partial charge in [0.2, 0.25) is 0 Å². The average molecular weight is 395 g/mol. The van der Waals surface area contributed by atoms with Crippen molar-refractivity contribution in [1.29, 1.82) is 5.26 Å². The zero-order chi connectivity index (χ0) is 21.0. The molecule has 1 amide bonds. The quantitative estimate of drug-likeness (QED) is 0.784. The van der Waals surface area contributed by atoms with E-state index < -0.39 is 5.60 Å². The standard InChI is InChI=1S/C23H30N4O2/c1-23(2,3)29-22(28)26(4)19-9-13-27(14-10-19)12-8-18-7-11-25-21-6-5-17(16-24)15-20(18)21/h5-7,11,15,19H,8-10,12-14H2,1-4H3. The predicted molar refractivity (Wildman–Crippen MR) is 114 cm³/mol. The fourth-order valence-electron chi connectivity index (χ4n) is 3.78. The van der Waals surface area contributed by atoms with Gasteiger partial charge in [-0.3, -0.25) is 4.98 Å². The lowest BCUT2D eigenvalue weighted by atomic mass is 10.0. The van der Waals surface area contributed by atoms with Crippen LogP contribution in [0, 0.1) is 11.3 Å². The topological polar surface area (TPSA) is 69.5 Å². The number of ether oxygens (including phenoxy) is 1. The van der Waals surface area contributed by atoms with Crippen molar-refractivity contribution in [2.24, 2.45) is 0 Å². The average Bonchev–Trinajstić information content (AvgIpc) is 2.70. The van der Waals surface area contributed by atoms with Gasteiger partial charge in [-0.2, -0.15) is 5.26 Å². The van der Waals surface area contributed by atoms with Crippen LogP contribution in [0.5, 0.6) is 0 Å². The van der Waals surface area contributed by atoms with E-state index in [0.717, 1.165) is 49.8 Å². The van der Waals surface area contributed by atoms with Gasteiger partial charge in [-0.1, -0.05) is 0 Å². The number of nitrogens with zero attached hydrogens (tertiary/aromatic N) is 4. The second-order valence-corrected chi connectivity index (χ2v) is 8.73. The first-order valence-electron chi connectivity index (χ1n) is 10.2. The van der Waals surface area contributed by atoms with E-state index in [-0.39, 0.29) is 12.1 Å². The van der Waals surface area contributed by atoms with E-state index in [1.54, 1.807) is 4.90 Å². The Morgan fingerprint density at radius 2 is 2.03 bits per heavy atom. The molecule has 0 N–H and O–H groups in total. The molecule has 0 radical (unpaired) electrons. The molecule has 1 fully saturated rings. The largest absolute Gasteiger partial charge is 0.444 e. The number of piperidine rings is 1. The van der Waals surface area contributed by atoms with Crippen LogP contribution >= 0.6 is 0 Å². The second-order valence-electron chi connectivity index (χ2n) is 8.73. The van der Waals surface area contributed by atoms with Crippen LogP contribution in [0.2, 0.25) is 0 Å². The van der Waals surface area contributed by atoms with Crippen molar-refractivity contribution in [3.8, 4) is 6.07 Å². The monoisotopic (exact) mass is 394 g/mol. The van der Waals surface area contributed by atoms with Gasteiger partial charge in [0.15, 0.2) is 0 Å². The van der Waals surface area contributed by atoms with Crippen molar-refractivity contribution >= 4 is 17.0 Å². The van der Waals surface area contributed by atoms with Gasteiger partial charge in [0.1, 0.15) is 5.60 Å². The Morgan fingerprint density at radius 1 is 1.31 bits per heavy atom. The van der Waals surface area contributed by atoms with Crippen molar-refractivity contribution in [2.45, 2.75) is 51.7 Å². The molecule has 2 aromatic rings. The molecule has 1 aromatic heterocycles. The molecule has 3 rings (SSSR count). The number of likely N-dealkylation sites (tertiary alicyclic amines) is 1. The number of carbonyl (C=O) groups is 1. The normalized spacial score (nSPS) is 15.8. The van der Waals surface area contributed by atoms with Gasteiger partial charge in [-0.15, -0.1) is 0 Å². The van der Waals surface area contributed by atoms with Crippen molar-refractivity contribution in [2.75, 3.05) is 26.7 Å². The maximum atomic E-state index is 12.3. The number of hydrogen-bond acceptors (Lipinski definition) is 5. The van der Waals surface area contributed by atoms with Gasteiger partial charge in [0.25, 0.3) is 0 Å². The van der Waals surface area contributed by atoms with Crippen molar-refractivity contribution < 1.29 is 9.53 Å². The molecule has 1 saturated heterocycles. The number of fused-ring (bicyclic) bond motifs is 1. The highest BCUT2D eigenvalue weighted by Gasteiger charge is 2.28. The fourth-order valence-corrected chi connectivity index (χ4v) is 3.78. The van der Waals surface area contributed by atoms with Crippen LogP contribution in [0.3, 0.4) is 0 Å². The van der Waals surface area contributed by atoms with Crippen LogP contribution in [0.4, 0.5) is 4.79 Å². The molecule has 0 spiro atoms. The number of aromatic nitrogens is 1. The highest BCUT2D eigenvalue weighted by molar-refractivity contribution is 5.83. The lowest BCUT2D eigenvalue weighted by Crippen LogP contribution is -2.47. The highest BCUT2D eigenvalue weighted by Crippen LogP contribution is 2.21. The van der Waals surface area contributed by atoms with Crippen molar-refractivity contribution in [1.82, 2.24) is 14.8 Å². The summed E-state index contributed by atoms with van der Waals surface area (Å²) in [6, 6.07) is 10.1. The van der Waals surface area contributed by atoms with Gasteiger partial charge >= 0.3 is 6.09 Å². The van der Waals surface area contributed by atoms with E-state index in [1.807, 2.05) is 58.3 Å². The molecule has 0 aliphatic carbocycles. The maximum Gasteiger partial charge on any atom is 0.410 e. The van der Waals surface area contributed by atoms with Crippen LogP contribution < -0.4 is 0 Å². The van der Waals surface area contributed by atoms with Gasteiger partial charge < -0.3 is 14.5 Å². The van der Waals surface area contributed by atoms with E-state index in [4.69, 9.17) is 4.74 Å². The smallest absolute Gasteiger partial charge is 0.410 e. The van der Waals surface area contributed by atoms with Crippen LogP contribution in [0.25, 0.3) is 10.9 Å². The molecule has 0 saturated carbocycles. The summed E-state index contributed by atoms with van der Waals surface area (Å²) < 4.78 is 5.49.